The van der Waals surface area contributed by atoms with Crippen LogP contribution in [0.2, 0.25) is 0 Å². The van der Waals surface area contributed by atoms with Gasteiger partial charge in [-0.25, -0.2) is 4.79 Å². The van der Waals surface area contributed by atoms with Crippen molar-refractivity contribution < 1.29 is 15.0 Å². The van der Waals surface area contributed by atoms with Crippen LogP contribution in [0.15, 0.2) is 11.6 Å². The van der Waals surface area contributed by atoms with Gasteiger partial charge in [0, 0.05) is 5.57 Å². The minimum absolute atomic E-state index is 0.0357. The fraction of sp³-hybridized carbons (Fsp3) is 0.900. The monoisotopic (exact) mass is 458 g/mol. The van der Waals surface area contributed by atoms with Gasteiger partial charge in [-0.05, 0) is 122 Å². The summed E-state index contributed by atoms with van der Waals surface area (Å²) in [5, 5.41) is 20.0. The van der Waals surface area contributed by atoms with E-state index in [0.29, 0.717) is 33.7 Å². The predicted octanol–water partition coefficient (Wildman–Crippen LogP) is 7.48. The molecule has 0 heterocycles. The minimum Gasteiger partial charge on any atom is -0.478 e. The summed E-state index contributed by atoms with van der Waals surface area (Å²) >= 11 is 0. The number of fused-ring (bicyclic) bond motifs is 5. The highest BCUT2D eigenvalue weighted by atomic mass is 16.4. The smallest absolute Gasteiger partial charge is 0.330 e. The van der Waals surface area contributed by atoms with Gasteiger partial charge in [-0.2, -0.15) is 0 Å². The number of allylic oxidation sites excluding steroid dienone is 1. The van der Waals surface area contributed by atoms with Crippen molar-refractivity contribution in [2.45, 2.75) is 119 Å². The highest BCUT2D eigenvalue weighted by molar-refractivity contribution is 5.85. The molecule has 0 radical (unpaired) electrons. The number of carbonyl (C=O) groups is 1. The molecule has 0 spiro atoms. The predicted molar refractivity (Wildman–Crippen MR) is 135 cm³/mol. The third-order valence-electron chi connectivity index (χ3n) is 12.6. The lowest BCUT2D eigenvalue weighted by molar-refractivity contribution is -0.200. The van der Waals surface area contributed by atoms with Crippen molar-refractivity contribution in [3.8, 4) is 0 Å². The van der Waals surface area contributed by atoms with Gasteiger partial charge in [0.2, 0.25) is 0 Å². The summed E-state index contributed by atoms with van der Waals surface area (Å²) in [4.78, 5) is 11.1. The maximum absolute atomic E-state index is 11.1. The Hall–Kier alpha value is -0.830. The van der Waals surface area contributed by atoms with E-state index in [0.717, 1.165) is 37.0 Å². The quantitative estimate of drug-likeness (QED) is 0.420. The molecule has 0 amide bonds. The second kappa shape index (κ2) is 8.38. The lowest BCUT2D eigenvalue weighted by atomic mass is 9.38. The van der Waals surface area contributed by atoms with Crippen LogP contribution < -0.4 is 0 Å². The third kappa shape index (κ3) is 3.66. The number of aliphatic hydroxyl groups is 1. The van der Waals surface area contributed by atoms with Crippen molar-refractivity contribution in [1.29, 1.82) is 0 Å². The number of aliphatic hydroxyl groups excluding tert-OH is 1. The molecule has 2 N–H and O–H groups in total. The number of rotatable bonds is 5. The molecule has 3 nitrogen and oxygen atoms in total. The zero-order valence-corrected chi connectivity index (χ0v) is 22.4. The van der Waals surface area contributed by atoms with Gasteiger partial charge in [0.15, 0.2) is 0 Å². The molecule has 9 atom stereocenters. The highest BCUT2D eigenvalue weighted by Gasteiger charge is 2.67. The van der Waals surface area contributed by atoms with Crippen LogP contribution in [0, 0.1) is 51.2 Å². The molecule has 4 fully saturated rings. The number of carboxylic acids is 1. The summed E-state index contributed by atoms with van der Waals surface area (Å²) in [7, 11) is 0. The topological polar surface area (TPSA) is 57.5 Å². The van der Waals surface area contributed by atoms with Crippen LogP contribution in [0.5, 0.6) is 0 Å². The molecule has 0 aromatic carbocycles. The molecule has 4 rings (SSSR count). The third-order valence-corrected chi connectivity index (χ3v) is 12.6. The van der Waals surface area contributed by atoms with Crippen molar-refractivity contribution in [2.75, 3.05) is 0 Å². The van der Waals surface area contributed by atoms with E-state index in [1.54, 1.807) is 6.92 Å². The van der Waals surface area contributed by atoms with Crippen molar-refractivity contribution >= 4 is 5.97 Å². The first-order chi connectivity index (χ1) is 15.3. The first-order valence-corrected chi connectivity index (χ1v) is 13.9. The van der Waals surface area contributed by atoms with E-state index >= 15 is 0 Å². The first kappa shape index (κ1) is 25.3. The molecule has 3 heteroatoms. The number of carboxylic acid groups (broad SMARTS) is 1. The molecule has 0 aromatic rings. The maximum atomic E-state index is 11.1. The fourth-order valence-electron chi connectivity index (χ4n) is 10.3. The average molecular weight is 459 g/mol. The largest absolute Gasteiger partial charge is 0.478 e. The molecule has 0 saturated heterocycles. The molecule has 4 aliphatic carbocycles. The maximum Gasteiger partial charge on any atom is 0.330 e. The van der Waals surface area contributed by atoms with Gasteiger partial charge in [-0.3, -0.25) is 0 Å². The molecular weight excluding hydrogens is 408 g/mol. The van der Waals surface area contributed by atoms with Gasteiger partial charge >= 0.3 is 5.97 Å². The summed E-state index contributed by atoms with van der Waals surface area (Å²) in [5.74, 6) is 2.86. The van der Waals surface area contributed by atoms with Crippen LogP contribution in [-0.4, -0.2) is 22.3 Å². The molecule has 0 bridgehead atoms. The first-order valence-electron chi connectivity index (χ1n) is 13.9. The van der Waals surface area contributed by atoms with Gasteiger partial charge in [0.1, 0.15) is 0 Å². The number of aliphatic carboxylic acids is 1. The van der Waals surface area contributed by atoms with Gasteiger partial charge < -0.3 is 10.2 Å². The minimum atomic E-state index is -0.788. The van der Waals surface area contributed by atoms with E-state index in [9.17, 15) is 9.90 Å². The summed E-state index contributed by atoms with van der Waals surface area (Å²) in [6.45, 7) is 16.7. The Morgan fingerprint density at radius 1 is 0.939 bits per heavy atom. The normalized spacial score (nSPS) is 47.9. The standard InChI is InChI=1S/C30H50O3/c1-19(9-8-10-20(2)26(32)33)21-13-17-30(7)23-11-12-24-27(3,4)25(31)15-16-28(24,5)22(23)14-18-29(21,30)6/h10,19,21-25,31H,8-9,11-18H2,1-7H3,(H,32,33)/b20-10+/t19-,21-,22+,23-,24-,25-,28+,29-,30+/m0/s1. The van der Waals surface area contributed by atoms with Gasteiger partial charge in [-0.15, -0.1) is 0 Å². The molecule has 33 heavy (non-hydrogen) atoms. The van der Waals surface area contributed by atoms with Crippen molar-refractivity contribution in [2.24, 2.45) is 51.2 Å². The molecule has 4 saturated carbocycles. The Morgan fingerprint density at radius 2 is 1.61 bits per heavy atom. The summed E-state index contributed by atoms with van der Waals surface area (Å²) in [6, 6.07) is 0. The highest BCUT2D eigenvalue weighted by Crippen LogP contribution is 2.74. The molecule has 4 aliphatic rings. The van der Waals surface area contributed by atoms with Crippen LogP contribution in [0.1, 0.15) is 113 Å². The Balaban J connectivity index is 1.54. The zero-order chi connectivity index (χ0) is 24.4. The Bertz CT molecular complexity index is 798. The summed E-state index contributed by atoms with van der Waals surface area (Å²) in [5.41, 5.74) is 1.70. The van der Waals surface area contributed by atoms with Gasteiger partial charge in [0.25, 0.3) is 0 Å². The summed E-state index contributed by atoms with van der Waals surface area (Å²) < 4.78 is 0. The Morgan fingerprint density at radius 3 is 2.27 bits per heavy atom. The number of hydrogen-bond acceptors (Lipinski definition) is 2. The lowest BCUT2D eigenvalue weighted by Gasteiger charge is -2.67. The SMILES string of the molecule is C/C(=C\CC[C@H](C)[C@@H]1CC[C@]2(C)[C@H]3CC[C@H]4C(C)(C)[C@@H](O)CC[C@]4(C)[C@@H]3CC[C@@]12C)C(=O)O. The van der Waals surface area contributed by atoms with Crippen LogP contribution >= 0.6 is 0 Å². The lowest BCUT2D eigenvalue weighted by Crippen LogP contribution is -2.61. The average Bonchev–Trinajstić information content (AvgIpc) is 3.02. The second-order valence-corrected chi connectivity index (χ2v) is 14.0. The van der Waals surface area contributed by atoms with Crippen molar-refractivity contribution in [3.05, 3.63) is 11.6 Å². The fourth-order valence-corrected chi connectivity index (χ4v) is 10.3. The van der Waals surface area contributed by atoms with E-state index in [-0.39, 0.29) is 11.5 Å². The van der Waals surface area contributed by atoms with E-state index in [1.807, 2.05) is 6.08 Å². The zero-order valence-electron chi connectivity index (χ0n) is 22.4. The van der Waals surface area contributed by atoms with E-state index < -0.39 is 5.97 Å². The molecular formula is C30H50O3. The van der Waals surface area contributed by atoms with Crippen molar-refractivity contribution in [1.82, 2.24) is 0 Å². The number of hydrogen-bond donors (Lipinski definition) is 2. The van der Waals surface area contributed by atoms with Crippen LogP contribution in [0.25, 0.3) is 0 Å². The van der Waals surface area contributed by atoms with Crippen LogP contribution in [0.4, 0.5) is 0 Å². The van der Waals surface area contributed by atoms with E-state index in [1.165, 1.54) is 44.9 Å². The Kier molecular flexibility index (Phi) is 6.42. The molecule has 0 aliphatic heterocycles. The van der Waals surface area contributed by atoms with Crippen LogP contribution in [-0.2, 0) is 4.79 Å². The van der Waals surface area contributed by atoms with E-state index in [4.69, 9.17) is 5.11 Å². The molecule has 0 unspecified atom stereocenters. The van der Waals surface area contributed by atoms with Gasteiger partial charge in [-0.1, -0.05) is 47.6 Å². The van der Waals surface area contributed by atoms with Crippen LogP contribution in [0.3, 0.4) is 0 Å². The van der Waals surface area contributed by atoms with Crippen molar-refractivity contribution in [3.63, 3.8) is 0 Å². The molecule has 0 aromatic heterocycles. The second-order valence-electron chi connectivity index (χ2n) is 14.0. The summed E-state index contributed by atoms with van der Waals surface area (Å²) in [6.07, 6.45) is 14.0. The Labute approximate surface area is 202 Å². The van der Waals surface area contributed by atoms with E-state index in [2.05, 4.69) is 41.5 Å². The van der Waals surface area contributed by atoms with Gasteiger partial charge in [0.05, 0.1) is 6.10 Å². The molecule has 188 valence electrons.